The summed E-state index contributed by atoms with van der Waals surface area (Å²) in [5, 5.41) is 11.9. The molecule has 4 rings (SSSR count). The maximum Gasteiger partial charge on any atom is 0.275 e. The molecule has 0 spiro atoms. The molecule has 0 radical (unpaired) electrons. The second kappa shape index (κ2) is 4.94. The summed E-state index contributed by atoms with van der Waals surface area (Å²) in [6, 6.07) is 7.48. The minimum Gasteiger partial charge on any atom is -0.340 e. The van der Waals surface area contributed by atoms with E-state index < -0.39 is 0 Å². The van der Waals surface area contributed by atoms with Crippen LogP contribution in [0.25, 0.3) is 10.9 Å². The lowest BCUT2D eigenvalue weighted by molar-refractivity contribution is 0.0724. The summed E-state index contributed by atoms with van der Waals surface area (Å²) in [5.41, 5.74) is 1.31. The number of carbonyl (C=O) groups is 1. The first-order chi connectivity index (χ1) is 10.7. The summed E-state index contributed by atoms with van der Waals surface area (Å²) in [7, 11) is 0. The molecule has 7 heteroatoms. The Hall–Kier alpha value is -2.70. The van der Waals surface area contributed by atoms with E-state index in [1.165, 1.54) is 0 Å². The maximum absolute atomic E-state index is 12.9. The average Bonchev–Trinajstić information content (AvgIpc) is 3.25. The van der Waals surface area contributed by atoms with Crippen molar-refractivity contribution in [3.63, 3.8) is 0 Å². The largest absolute Gasteiger partial charge is 0.340 e. The third-order valence-corrected chi connectivity index (χ3v) is 4.03. The van der Waals surface area contributed by atoms with Gasteiger partial charge in [0, 0.05) is 18.9 Å². The number of hydrogen-bond acceptors (Lipinski definition) is 5. The number of carbonyl (C=O) groups excluding carboxylic acids is 1. The highest BCUT2D eigenvalue weighted by Gasteiger charge is 2.35. The van der Waals surface area contributed by atoms with E-state index in [1.807, 2.05) is 24.3 Å². The fourth-order valence-electron chi connectivity index (χ4n) is 2.99. The van der Waals surface area contributed by atoms with Crippen molar-refractivity contribution in [2.45, 2.75) is 25.8 Å². The number of aryl methyl sites for hydroxylation is 1. The van der Waals surface area contributed by atoms with Gasteiger partial charge < -0.3 is 9.42 Å². The second-order valence-electron chi connectivity index (χ2n) is 5.45. The molecule has 2 aromatic heterocycles. The first-order valence-electron chi connectivity index (χ1n) is 7.28. The van der Waals surface area contributed by atoms with Gasteiger partial charge in [-0.15, -0.1) is 0 Å². The Morgan fingerprint density at radius 3 is 3.09 bits per heavy atom. The fourth-order valence-corrected chi connectivity index (χ4v) is 2.99. The molecule has 0 aliphatic carbocycles. The monoisotopic (exact) mass is 297 g/mol. The van der Waals surface area contributed by atoms with Gasteiger partial charge >= 0.3 is 0 Å². The molecule has 7 nitrogen and oxygen atoms in total. The van der Waals surface area contributed by atoms with Crippen LogP contribution in [0.3, 0.4) is 0 Å². The van der Waals surface area contributed by atoms with Crippen LogP contribution in [0.5, 0.6) is 0 Å². The summed E-state index contributed by atoms with van der Waals surface area (Å²) in [6.45, 7) is 2.43. The van der Waals surface area contributed by atoms with Crippen LogP contribution in [0.2, 0.25) is 0 Å². The second-order valence-corrected chi connectivity index (χ2v) is 5.45. The first kappa shape index (κ1) is 13.0. The van der Waals surface area contributed by atoms with Crippen LogP contribution >= 0.6 is 0 Å². The van der Waals surface area contributed by atoms with E-state index in [1.54, 1.807) is 11.8 Å². The highest BCUT2D eigenvalue weighted by Crippen LogP contribution is 2.32. The summed E-state index contributed by atoms with van der Waals surface area (Å²) in [4.78, 5) is 18.9. The van der Waals surface area contributed by atoms with E-state index in [-0.39, 0.29) is 11.9 Å². The van der Waals surface area contributed by atoms with E-state index in [2.05, 4.69) is 20.3 Å². The quantitative estimate of drug-likeness (QED) is 0.783. The lowest BCUT2D eigenvalue weighted by Gasteiger charge is -2.21. The van der Waals surface area contributed by atoms with Gasteiger partial charge in [0.05, 0.1) is 11.6 Å². The topological polar surface area (TPSA) is 87.9 Å². The van der Waals surface area contributed by atoms with Crippen molar-refractivity contribution in [2.24, 2.45) is 0 Å². The first-order valence-corrected chi connectivity index (χ1v) is 7.28. The van der Waals surface area contributed by atoms with E-state index in [4.69, 9.17) is 4.52 Å². The Morgan fingerprint density at radius 2 is 2.27 bits per heavy atom. The summed E-state index contributed by atoms with van der Waals surface area (Å²) in [6.07, 6.45) is 1.76. The average molecular weight is 297 g/mol. The summed E-state index contributed by atoms with van der Waals surface area (Å²) in [5.74, 6) is 0.991. The molecule has 112 valence electrons. The number of para-hydroxylation sites is 1. The van der Waals surface area contributed by atoms with Crippen LogP contribution in [-0.2, 0) is 0 Å². The van der Waals surface area contributed by atoms with Gasteiger partial charge in [-0.1, -0.05) is 23.4 Å². The number of rotatable bonds is 2. The SMILES string of the molecule is Cc1nc(C2CCCN2C(=O)c2n[nH]c3ccccc23)no1. The zero-order valence-corrected chi connectivity index (χ0v) is 12.1. The van der Waals surface area contributed by atoms with Gasteiger partial charge in [-0.2, -0.15) is 10.1 Å². The van der Waals surface area contributed by atoms with Crippen molar-refractivity contribution in [2.75, 3.05) is 6.54 Å². The van der Waals surface area contributed by atoms with Gasteiger partial charge in [0.2, 0.25) is 5.89 Å². The Morgan fingerprint density at radius 1 is 1.41 bits per heavy atom. The molecule has 1 atom stereocenters. The van der Waals surface area contributed by atoms with E-state index in [0.29, 0.717) is 24.0 Å². The Balaban J connectivity index is 1.69. The van der Waals surface area contributed by atoms with Gasteiger partial charge in [-0.3, -0.25) is 9.89 Å². The summed E-state index contributed by atoms with van der Waals surface area (Å²) >= 11 is 0. The third-order valence-electron chi connectivity index (χ3n) is 4.03. The van der Waals surface area contributed by atoms with Crippen molar-refractivity contribution in [1.82, 2.24) is 25.2 Å². The summed E-state index contributed by atoms with van der Waals surface area (Å²) < 4.78 is 5.05. The molecule has 1 unspecified atom stereocenters. The zero-order valence-electron chi connectivity index (χ0n) is 12.1. The number of benzene rings is 1. The molecule has 1 N–H and O–H groups in total. The molecular weight excluding hydrogens is 282 g/mol. The lowest BCUT2D eigenvalue weighted by Crippen LogP contribution is -2.31. The van der Waals surface area contributed by atoms with Crippen LogP contribution in [0.15, 0.2) is 28.8 Å². The minimum atomic E-state index is -0.139. The highest BCUT2D eigenvalue weighted by molar-refractivity contribution is 6.04. The predicted molar refractivity (Wildman–Crippen MR) is 78.1 cm³/mol. The van der Waals surface area contributed by atoms with E-state index in [0.717, 1.165) is 23.7 Å². The van der Waals surface area contributed by atoms with Crippen LogP contribution in [0.1, 0.15) is 41.1 Å². The Labute approximate surface area is 126 Å². The molecule has 0 bridgehead atoms. The standard InChI is InChI=1S/C15H15N5O2/c1-9-16-14(19-22-9)12-7-4-8-20(12)15(21)13-10-5-2-3-6-11(10)17-18-13/h2-3,5-6,12H,4,7-8H2,1H3,(H,17,18). The van der Waals surface area contributed by atoms with Crippen LogP contribution in [-0.4, -0.2) is 37.7 Å². The minimum absolute atomic E-state index is 0.0950. The normalized spacial score (nSPS) is 18.2. The number of fused-ring (bicyclic) bond motifs is 1. The molecule has 1 fully saturated rings. The Kier molecular flexibility index (Phi) is 2.92. The number of amides is 1. The molecule has 1 saturated heterocycles. The molecule has 3 aromatic rings. The van der Waals surface area contributed by atoms with Crippen molar-refractivity contribution in [1.29, 1.82) is 0 Å². The predicted octanol–water partition coefficient (Wildman–Crippen LogP) is 2.23. The Bertz CT molecular complexity index is 837. The molecular formula is C15H15N5O2. The molecule has 1 aliphatic rings. The third kappa shape index (κ3) is 1.97. The number of likely N-dealkylation sites (tertiary alicyclic amines) is 1. The van der Waals surface area contributed by atoms with Crippen molar-refractivity contribution in [3.05, 3.63) is 41.7 Å². The molecule has 3 heterocycles. The van der Waals surface area contributed by atoms with Gasteiger partial charge in [0.1, 0.15) is 0 Å². The molecule has 1 amide bonds. The van der Waals surface area contributed by atoms with E-state index in [9.17, 15) is 4.79 Å². The lowest BCUT2D eigenvalue weighted by atomic mass is 10.1. The molecule has 1 aromatic carbocycles. The van der Waals surface area contributed by atoms with Crippen LogP contribution < -0.4 is 0 Å². The number of aromatic nitrogens is 4. The molecule has 22 heavy (non-hydrogen) atoms. The maximum atomic E-state index is 12.9. The highest BCUT2D eigenvalue weighted by atomic mass is 16.5. The fraction of sp³-hybridized carbons (Fsp3) is 0.333. The van der Waals surface area contributed by atoms with Gasteiger partial charge in [0.25, 0.3) is 5.91 Å². The van der Waals surface area contributed by atoms with Gasteiger partial charge in [-0.25, -0.2) is 0 Å². The van der Waals surface area contributed by atoms with Crippen molar-refractivity contribution >= 4 is 16.8 Å². The number of H-pyrrole nitrogens is 1. The van der Waals surface area contributed by atoms with Crippen molar-refractivity contribution in [3.8, 4) is 0 Å². The smallest absolute Gasteiger partial charge is 0.275 e. The van der Waals surface area contributed by atoms with Crippen LogP contribution in [0, 0.1) is 6.92 Å². The molecule has 1 aliphatic heterocycles. The number of aromatic amines is 1. The zero-order chi connectivity index (χ0) is 15.1. The molecule has 0 saturated carbocycles. The van der Waals surface area contributed by atoms with E-state index >= 15 is 0 Å². The van der Waals surface area contributed by atoms with Crippen LogP contribution in [0.4, 0.5) is 0 Å². The number of nitrogens with one attached hydrogen (secondary N) is 1. The number of nitrogens with zero attached hydrogens (tertiary/aromatic N) is 4. The number of hydrogen-bond donors (Lipinski definition) is 1. The van der Waals surface area contributed by atoms with Crippen molar-refractivity contribution < 1.29 is 9.32 Å². The van der Waals surface area contributed by atoms with Gasteiger partial charge in [0.15, 0.2) is 11.5 Å². The van der Waals surface area contributed by atoms with Gasteiger partial charge in [-0.05, 0) is 18.9 Å².